The van der Waals surface area contributed by atoms with Crippen LogP contribution in [0.15, 0.2) is 36.4 Å². The molecule has 0 aromatic heterocycles. The molecular weight excluding hydrogens is 260 g/mol. The monoisotopic (exact) mass is 277 g/mol. The minimum absolute atomic E-state index is 0.0535. The van der Waals surface area contributed by atoms with Gasteiger partial charge in [-0.15, -0.1) is 0 Å². The number of ether oxygens (including phenoxy) is 1. The van der Waals surface area contributed by atoms with Gasteiger partial charge in [-0.05, 0) is 50.7 Å². The molecule has 0 heterocycles. The van der Waals surface area contributed by atoms with E-state index in [0.29, 0.717) is 11.3 Å². The summed E-state index contributed by atoms with van der Waals surface area (Å²) in [6.07, 6.45) is 0. The SMILES string of the molecule is CNC(C)c1cccc(F)c1Oc1ccc(F)c(C)c1. The maximum atomic E-state index is 14.0. The van der Waals surface area contributed by atoms with Gasteiger partial charge >= 0.3 is 0 Å². The van der Waals surface area contributed by atoms with Crippen LogP contribution in [0.3, 0.4) is 0 Å². The van der Waals surface area contributed by atoms with Crippen molar-refractivity contribution in [3.8, 4) is 11.5 Å². The number of hydrogen-bond donors (Lipinski definition) is 1. The molecular formula is C16H17F2NO. The number of para-hydroxylation sites is 1. The molecule has 20 heavy (non-hydrogen) atoms. The van der Waals surface area contributed by atoms with Crippen LogP contribution >= 0.6 is 0 Å². The number of hydrogen-bond acceptors (Lipinski definition) is 2. The summed E-state index contributed by atoms with van der Waals surface area (Å²) in [5.41, 5.74) is 1.18. The summed E-state index contributed by atoms with van der Waals surface area (Å²) in [5, 5.41) is 3.05. The van der Waals surface area contributed by atoms with E-state index in [-0.39, 0.29) is 17.6 Å². The first-order chi connectivity index (χ1) is 9.52. The van der Waals surface area contributed by atoms with E-state index >= 15 is 0 Å². The van der Waals surface area contributed by atoms with Gasteiger partial charge in [0.2, 0.25) is 0 Å². The first-order valence-electron chi connectivity index (χ1n) is 6.42. The lowest BCUT2D eigenvalue weighted by Crippen LogP contribution is -2.13. The topological polar surface area (TPSA) is 21.3 Å². The Kier molecular flexibility index (Phi) is 4.35. The van der Waals surface area contributed by atoms with Gasteiger partial charge in [0, 0.05) is 11.6 Å². The highest BCUT2D eigenvalue weighted by Crippen LogP contribution is 2.32. The summed E-state index contributed by atoms with van der Waals surface area (Å²) in [5.74, 6) is -0.166. The molecule has 2 rings (SSSR count). The molecule has 1 N–H and O–H groups in total. The fourth-order valence-corrected chi connectivity index (χ4v) is 1.93. The fourth-order valence-electron chi connectivity index (χ4n) is 1.93. The number of benzene rings is 2. The molecule has 0 amide bonds. The third-order valence-corrected chi connectivity index (χ3v) is 3.25. The molecule has 0 radical (unpaired) electrons. The van der Waals surface area contributed by atoms with Gasteiger partial charge in [-0.2, -0.15) is 0 Å². The first kappa shape index (κ1) is 14.5. The normalized spacial score (nSPS) is 12.2. The van der Waals surface area contributed by atoms with E-state index in [9.17, 15) is 8.78 Å². The maximum absolute atomic E-state index is 14.0. The average Bonchev–Trinajstić information content (AvgIpc) is 2.44. The van der Waals surface area contributed by atoms with Crippen LogP contribution in [-0.4, -0.2) is 7.05 Å². The fraction of sp³-hybridized carbons (Fsp3) is 0.250. The minimum atomic E-state index is -0.438. The quantitative estimate of drug-likeness (QED) is 0.897. The van der Waals surface area contributed by atoms with Gasteiger partial charge < -0.3 is 10.1 Å². The second kappa shape index (κ2) is 6.01. The largest absolute Gasteiger partial charge is 0.454 e. The Bertz CT molecular complexity index is 613. The Balaban J connectivity index is 2.39. The Hall–Kier alpha value is -1.94. The number of halogens is 2. The van der Waals surface area contributed by atoms with Gasteiger partial charge in [-0.1, -0.05) is 12.1 Å². The highest BCUT2D eigenvalue weighted by atomic mass is 19.1. The highest BCUT2D eigenvalue weighted by molar-refractivity contribution is 5.41. The number of nitrogens with one attached hydrogen (secondary N) is 1. The van der Waals surface area contributed by atoms with Crippen molar-refractivity contribution < 1.29 is 13.5 Å². The van der Waals surface area contributed by atoms with Crippen LogP contribution in [0.5, 0.6) is 11.5 Å². The van der Waals surface area contributed by atoms with Crippen molar-refractivity contribution in [3.63, 3.8) is 0 Å². The molecule has 1 atom stereocenters. The molecule has 4 heteroatoms. The van der Waals surface area contributed by atoms with Crippen LogP contribution in [0, 0.1) is 18.6 Å². The molecule has 0 saturated carbocycles. The van der Waals surface area contributed by atoms with Crippen molar-refractivity contribution in [1.82, 2.24) is 5.32 Å². The molecule has 0 spiro atoms. The lowest BCUT2D eigenvalue weighted by molar-refractivity contribution is 0.427. The van der Waals surface area contributed by atoms with E-state index in [4.69, 9.17) is 4.74 Å². The molecule has 0 bridgehead atoms. The summed E-state index contributed by atoms with van der Waals surface area (Å²) in [6, 6.07) is 9.09. The molecule has 2 aromatic rings. The second-order valence-corrected chi connectivity index (χ2v) is 4.68. The third kappa shape index (κ3) is 2.96. The van der Waals surface area contributed by atoms with Crippen molar-refractivity contribution in [2.75, 3.05) is 7.05 Å². The summed E-state index contributed by atoms with van der Waals surface area (Å²) in [6.45, 7) is 3.55. The summed E-state index contributed by atoms with van der Waals surface area (Å²) in [4.78, 5) is 0. The average molecular weight is 277 g/mol. The van der Waals surface area contributed by atoms with Crippen LogP contribution in [0.25, 0.3) is 0 Å². The second-order valence-electron chi connectivity index (χ2n) is 4.68. The van der Waals surface area contributed by atoms with E-state index in [1.807, 2.05) is 6.92 Å². The first-order valence-corrected chi connectivity index (χ1v) is 6.42. The van der Waals surface area contributed by atoms with E-state index in [0.717, 1.165) is 5.56 Å². The molecule has 0 aliphatic carbocycles. The van der Waals surface area contributed by atoms with E-state index < -0.39 is 5.82 Å². The molecule has 0 aliphatic rings. The maximum Gasteiger partial charge on any atom is 0.167 e. The molecule has 0 fully saturated rings. The van der Waals surface area contributed by atoms with Crippen molar-refractivity contribution in [2.45, 2.75) is 19.9 Å². The molecule has 2 nitrogen and oxygen atoms in total. The van der Waals surface area contributed by atoms with Crippen LogP contribution in [-0.2, 0) is 0 Å². The summed E-state index contributed by atoms with van der Waals surface area (Å²) >= 11 is 0. The van der Waals surface area contributed by atoms with Gasteiger partial charge in [-0.25, -0.2) is 8.78 Å². The predicted molar refractivity (Wildman–Crippen MR) is 75.1 cm³/mol. The summed E-state index contributed by atoms with van der Waals surface area (Å²) < 4.78 is 32.8. The zero-order chi connectivity index (χ0) is 14.7. The van der Waals surface area contributed by atoms with Crippen LogP contribution < -0.4 is 10.1 Å². The van der Waals surface area contributed by atoms with Crippen molar-refractivity contribution >= 4 is 0 Å². The van der Waals surface area contributed by atoms with Crippen molar-refractivity contribution in [2.24, 2.45) is 0 Å². The predicted octanol–water partition coefficient (Wildman–Crippen LogP) is 4.35. The van der Waals surface area contributed by atoms with Gasteiger partial charge in [0.15, 0.2) is 11.6 Å². The molecule has 0 saturated heterocycles. The van der Waals surface area contributed by atoms with E-state index in [2.05, 4.69) is 5.32 Å². The molecule has 106 valence electrons. The Morgan fingerprint density at radius 1 is 1.10 bits per heavy atom. The molecule has 0 aliphatic heterocycles. The van der Waals surface area contributed by atoms with Gasteiger partial charge in [0.1, 0.15) is 11.6 Å². The van der Waals surface area contributed by atoms with Crippen LogP contribution in [0.4, 0.5) is 8.78 Å². The lowest BCUT2D eigenvalue weighted by atomic mass is 10.1. The minimum Gasteiger partial charge on any atom is -0.454 e. The highest BCUT2D eigenvalue weighted by Gasteiger charge is 2.15. The third-order valence-electron chi connectivity index (χ3n) is 3.25. The number of aryl methyl sites for hydroxylation is 1. The molecule has 2 aromatic carbocycles. The van der Waals surface area contributed by atoms with Crippen molar-refractivity contribution in [1.29, 1.82) is 0 Å². The van der Waals surface area contributed by atoms with Gasteiger partial charge in [0.05, 0.1) is 0 Å². The van der Waals surface area contributed by atoms with Gasteiger partial charge in [0.25, 0.3) is 0 Å². The standard InChI is InChI=1S/C16H17F2NO/c1-10-9-12(7-8-14(10)17)20-16-13(11(2)19-3)5-4-6-15(16)18/h4-9,11,19H,1-3H3. The number of rotatable bonds is 4. The lowest BCUT2D eigenvalue weighted by Gasteiger charge is -2.17. The van der Waals surface area contributed by atoms with Crippen LogP contribution in [0.1, 0.15) is 24.1 Å². The van der Waals surface area contributed by atoms with Crippen molar-refractivity contribution in [3.05, 3.63) is 59.2 Å². The van der Waals surface area contributed by atoms with E-state index in [1.54, 1.807) is 32.2 Å². The Labute approximate surface area is 117 Å². The zero-order valence-electron chi connectivity index (χ0n) is 11.7. The Morgan fingerprint density at radius 3 is 2.50 bits per heavy atom. The van der Waals surface area contributed by atoms with Crippen LogP contribution in [0.2, 0.25) is 0 Å². The van der Waals surface area contributed by atoms with Gasteiger partial charge in [-0.3, -0.25) is 0 Å². The summed E-state index contributed by atoms with van der Waals surface area (Å²) in [7, 11) is 1.79. The van der Waals surface area contributed by atoms with E-state index in [1.165, 1.54) is 18.2 Å². The zero-order valence-corrected chi connectivity index (χ0v) is 11.7. The smallest absolute Gasteiger partial charge is 0.167 e. The Morgan fingerprint density at radius 2 is 1.85 bits per heavy atom. The molecule has 1 unspecified atom stereocenters.